The van der Waals surface area contributed by atoms with Crippen LogP contribution >= 0.6 is 0 Å². The van der Waals surface area contributed by atoms with Gasteiger partial charge in [0.25, 0.3) is 5.92 Å². The van der Waals surface area contributed by atoms with Crippen molar-refractivity contribution in [3.63, 3.8) is 0 Å². The van der Waals surface area contributed by atoms with E-state index in [2.05, 4.69) is 0 Å². The SMILES string of the molecule is CC(C)(O)c1cc(C(C)(F)F)ccc1F. The van der Waals surface area contributed by atoms with E-state index in [4.69, 9.17) is 0 Å². The maximum Gasteiger partial charge on any atom is 0.270 e. The molecule has 0 heterocycles. The van der Waals surface area contributed by atoms with Gasteiger partial charge in [-0.25, -0.2) is 13.2 Å². The molecule has 1 aromatic carbocycles. The van der Waals surface area contributed by atoms with Crippen molar-refractivity contribution in [2.45, 2.75) is 32.3 Å². The van der Waals surface area contributed by atoms with Crippen molar-refractivity contribution >= 4 is 0 Å². The van der Waals surface area contributed by atoms with Crippen LogP contribution in [0.1, 0.15) is 31.9 Å². The second-order valence-corrected chi connectivity index (χ2v) is 4.14. The molecule has 1 N–H and O–H groups in total. The molecule has 0 spiro atoms. The Bertz CT molecular complexity index is 361. The highest BCUT2D eigenvalue weighted by atomic mass is 19.3. The zero-order valence-corrected chi connectivity index (χ0v) is 8.81. The van der Waals surface area contributed by atoms with E-state index in [0.29, 0.717) is 0 Å². The first-order chi connectivity index (χ1) is 6.62. The van der Waals surface area contributed by atoms with Crippen LogP contribution in [0, 0.1) is 5.82 Å². The van der Waals surface area contributed by atoms with Crippen molar-refractivity contribution in [3.05, 3.63) is 35.1 Å². The molecule has 0 saturated heterocycles. The van der Waals surface area contributed by atoms with E-state index in [-0.39, 0.29) is 11.1 Å². The van der Waals surface area contributed by atoms with Gasteiger partial charge in [-0.3, -0.25) is 0 Å². The lowest BCUT2D eigenvalue weighted by atomic mass is 9.94. The van der Waals surface area contributed by atoms with Gasteiger partial charge in [0.2, 0.25) is 0 Å². The third-order valence-electron chi connectivity index (χ3n) is 2.13. The summed E-state index contributed by atoms with van der Waals surface area (Å²) in [6.07, 6.45) is 0. The van der Waals surface area contributed by atoms with Gasteiger partial charge in [0.1, 0.15) is 5.82 Å². The van der Waals surface area contributed by atoms with E-state index < -0.39 is 17.3 Å². The fraction of sp³-hybridized carbons (Fsp3) is 0.455. The minimum absolute atomic E-state index is 0.124. The zero-order chi connectivity index (χ0) is 11.9. The number of aliphatic hydroxyl groups is 1. The van der Waals surface area contributed by atoms with Gasteiger partial charge in [0.05, 0.1) is 5.60 Å². The van der Waals surface area contributed by atoms with Crippen molar-refractivity contribution in [2.75, 3.05) is 0 Å². The highest BCUT2D eigenvalue weighted by molar-refractivity contribution is 5.31. The van der Waals surface area contributed by atoms with E-state index in [0.717, 1.165) is 25.1 Å². The monoisotopic (exact) mass is 218 g/mol. The summed E-state index contributed by atoms with van der Waals surface area (Å²) >= 11 is 0. The molecule has 0 aliphatic carbocycles. The largest absolute Gasteiger partial charge is 0.386 e. The lowest BCUT2D eigenvalue weighted by molar-refractivity contribution is 0.0165. The molecule has 4 heteroatoms. The number of rotatable bonds is 2. The predicted molar refractivity (Wildman–Crippen MR) is 51.2 cm³/mol. The normalized spacial score (nSPS) is 13.0. The molecule has 0 amide bonds. The van der Waals surface area contributed by atoms with E-state index >= 15 is 0 Å². The van der Waals surface area contributed by atoms with E-state index in [1.165, 1.54) is 13.8 Å². The molecular weight excluding hydrogens is 205 g/mol. The molecule has 0 atom stereocenters. The number of halogens is 3. The summed E-state index contributed by atoms with van der Waals surface area (Å²) < 4.78 is 39.1. The van der Waals surface area contributed by atoms with Crippen LogP contribution in [0.5, 0.6) is 0 Å². The van der Waals surface area contributed by atoms with Crippen LogP contribution < -0.4 is 0 Å². The van der Waals surface area contributed by atoms with Crippen molar-refractivity contribution in [1.82, 2.24) is 0 Å². The van der Waals surface area contributed by atoms with Crippen molar-refractivity contribution in [3.8, 4) is 0 Å². The summed E-state index contributed by atoms with van der Waals surface area (Å²) in [5.41, 5.74) is -1.90. The van der Waals surface area contributed by atoms with Crippen LogP contribution in [0.2, 0.25) is 0 Å². The fourth-order valence-corrected chi connectivity index (χ4v) is 1.27. The Hall–Kier alpha value is -1.03. The van der Waals surface area contributed by atoms with Gasteiger partial charge in [0.15, 0.2) is 0 Å². The summed E-state index contributed by atoms with van der Waals surface area (Å²) in [4.78, 5) is 0. The topological polar surface area (TPSA) is 20.2 Å². The van der Waals surface area contributed by atoms with Crippen LogP contribution in [-0.2, 0) is 11.5 Å². The van der Waals surface area contributed by atoms with Gasteiger partial charge in [-0.2, -0.15) is 0 Å². The van der Waals surface area contributed by atoms with Crippen molar-refractivity contribution in [2.24, 2.45) is 0 Å². The quantitative estimate of drug-likeness (QED) is 0.808. The Labute approximate surface area is 86.5 Å². The molecule has 0 saturated carbocycles. The Morgan fingerprint density at radius 2 is 1.67 bits per heavy atom. The molecule has 84 valence electrons. The minimum Gasteiger partial charge on any atom is -0.386 e. The average Bonchev–Trinajstić information content (AvgIpc) is 2.00. The van der Waals surface area contributed by atoms with Gasteiger partial charge in [0, 0.05) is 18.1 Å². The number of hydrogen-bond donors (Lipinski definition) is 1. The molecule has 0 aromatic heterocycles. The fourth-order valence-electron chi connectivity index (χ4n) is 1.27. The molecule has 1 rings (SSSR count). The molecule has 0 radical (unpaired) electrons. The minimum atomic E-state index is -3.03. The van der Waals surface area contributed by atoms with E-state index in [1.54, 1.807) is 0 Å². The molecule has 0 bridgehead atoms. The van der Waals surface area contributed by atoms with Gasteiger partial charge in [-0.15, -0.1) is 0 Å². The van der Waals surface area contributed by atoms with Crippen LogP contribution in [0.3, 0.4) is 0 Å². The molecular formula is C11H13F3O. The summed E-state index contributed by atoms with van der Waals surface area (Å²) in [6, 6.07) is 2.96. The standard InChI is InChI=1S/C11H13F3O/c1-10(2,15)8-6-7(11(3,13)14)4-5-9(8)12/h4-6,15H,1-3H3. The maximum atomic E-state index is 13.2. The number of benzene rings is 1. The highest BCUT2D eigenvalue weighted by Gasteiger charge is 2.28. The van der Waals surface area contributed by atoms with Gasteiger partial charge < -0.3 is 5.11 Å². The zero-order valence-electron chi connectivity index (χ0n) is 8.81. The Morgan fingerprint density at radius 1 is 1.13 bits per heavy atom. The Balaban J connectivity index is 3.30. The molecule has 1 aromatic rings. The third kappa shape index (κ3) is 2.72. The smallest absolute Gasteiger partial charge is 0.270 e. The van der Waals surface area contributed by atoms with Crippen LogP contribution in [0.25, 0.3) is 0 Å². The first kappa shape index (κ1) is 12.0. The average molecular weight is 218 g/mol. The number of hydrogen-bond acceptors (Lipinski definition) is 1. The number of alkyl halides is 2. The lowest BCUT2D eigenvalue weighted by Crippen LogP contribution is -2.19. The van der Waals surface area contributed by atoms with Crippen LogP contribution in [0.15, 0.2) is 18.2 Å². The van der Waals surface area contributed by atoms with E-state index in [9.17, 15) is 18.3 Å². The molecule has 0 aliphatic rings. The third-order valence-corrected chi connectivity index (χ3v) is 2.13. The molecule has 1 nitrogen and oxygen atoms in total. The lowest BCUT2D eigenvalue weighted by Gasteiger charge is -2.21. The molecule has 15 heavy (non-hydrogen) atoms. The summed E-state index contributed by atoms with van der Waals surface area (Å²) in [6.45, 7) is 3.43. The van der Waals surface area contributed by atoms with E-state index in [1.807, 2.05) is 0 Å². The maximum absolute atomic E-state index is 13.2. The van der Waals surface area contributed by atoms with Crippen LogP contribution in [-0.4, -0.2) is 5.11 Å². The van der Waals surface area contributed by atoms with Crippen molar-refractivity contribution < 1.29 is 18.3 Å². The second-order valence-electron chi connectivity index (χ2n) is 4.14. The molecule has 0 fully saturated rings. The Kier molecular flexibility index (Phi) is 2.83. The summed E-state index contributed by atoms with van der Waals surface area (Å²) in [5.74, 6) is -3.72. The summed E-state index contributed by atoms with van der Waals surface area (Å²) in [5, 5.41) is 9.58. The predicted octanol–water partition coefficient (Wildman–Crippen LogP) is 3.16. The first-order valence-electron chi connectivity index (χ1n) is 4.53. The second kappa shape index (κ2) is 3.52. The van der Waals surface area contributed by atoms with Crippen molar-refractivity contribution in [1.29, 1.82) is 0 Å². The molecule has 0 aliphatic heterocycles. The Morgan fingerprint density at radius 3 is 2.07 bits per heavy atom. The van der Waals surface area contributed by atoms with Gasteiger partial charge >= 0.3 is 0 Å². The van der Waals surface area contributed by atoms with Crippen LogP contribution in [0.4, 0.5) is 13.2 Å². The highest BCUT2D eigenvalue weighted by Crippen LogP contribution is 2.31. The summed E-state index contributed by atoms with van der Waals surface area (Å²) in [7, 11) is 0. The molecule has 0 unspecified atom stereocenters. The van der Waals surface area contributed by atoms with Gasteiger partial charge in [-0.1, -0.05) is 6.07 Å². The first-order valence-corrected chi connectivity index (χ1v) is 4.53. The van der Waals surface area contributed by atoms with Gasteiger partial charge in [-0.05, 0) is 26.0 Å².